The maximum atomic E-state index is 11.5. The normalized spacial score (nSPS) is 9.87. The summed E-state index contributed by atoms with van der Waals surface area (Å²) in [7, 11) is -1.57. The fraction of sp³-hybridized carbons (Fsp3) is 0.300. The lowest BCUT2D eigenvalue weighted by atomic mass is 9.76. The second-order valence-corrected chi connectivity index (χ2v) is 3.11. The van der Waals surface area contributed by atoms with Gasteiger partial charge in [0, 0.05) is 0 Å². The van der Waals surface area contributed by atoms with Crippen molar-refractivity contribution in [2.24, 2.45) is 0 Å². The van der Waals surface area contributed by atoms with E-state index in [1.807, 2.05) is 0 Å². The van der Waals surface area contributed by atoms with Crippen LogP contribution in [0.5, 0.6) is 0 Å². The van der Waals surface area contributed by atoms with Gasteiger partial charge >= 0.3 is 13.1 Å². The maximum absolute atomic E-state index is 11.5. The summed E-state index contributed by atoms with van der Waals surface area (Å²) in [5, 5.41) is 18.1. The number of carbonyl (C=O) groups is 1. The molecule has 0 aliphatic rings. The van der Waals surface area contributed by atoms with Crippen molar-refractivity contribution >= 4 is 18.6 Å². The molecule has 80 valence electrons. The molecule has 0 unspecified atom stereocenters. The molecule has 0 aliphatic heterocycles. The molecule has 0 saturated heterocycles. The third-order valence-corrected chi connectivity index (χ3v) is 2.15. The number of benzene rings is 1. The summed E-state index contributed by atoms with van der Waals surface area (Å²) in [5.74, 6) is -0.447. The van der Waals surface area contributed by atoms with Gasteiger partial charge in [-0.3, -0.25) is 0 Å². The lowest BCUT2D eigenvalue weighted by Gasteiger charge is -2.09. The van der Waals surface area contributed by atoms with Crippen molar-refractivity contribution in [3.8, 4) is 0 Å². The summed E-state index contributed by atoms with van der Waals surface area (Å²) in [6.07, 6.45) is 0. The van der Waals surface area contributed by atoms with Gasteiger partial charge in [0.2, 0.25) is 0 Å². The largest absolute Gasteiger partial charge is 0.488 e. The Morgan fingerprint density at radius 3 is 2.67 bits per heavy atom. The van der Waals surface area contributed by atoms with E-state index in [1.165, 1.54) is 0 Å². The number of carbonyl (C=O) groups excluding carboxylic acids is 1. The molecular formula is C10H13BO4. The van der Waals surface area contributed by atoms with Crippen LogP contribution in [0.2, 0.25) is 0 Å². The summed E-state index contributed by atoms with van der Waals surface area (Å²) >= 11 is 0. The van der Waals surface area contributed by atoms with Gasteiger partial charge in [0.15, 0.2) is 0 Å². The molecule has 15 heavy (non-hydrogen) atoms. The average molecular weight is 208 g/mol. The average Bonchev–Trinajstić information content (AvgIpc) is 2.17. The molecular weight excluding hydrogens is 195 g/mol. The first-order chi connectivity index (χ1) is 7.07. The number of ether oxygens (including phenoxy) is 1. The molecule has 1 rings (SSSR count). The van der Waals surface area contributed by atoms with Crippen LogP contribution in [0, 0.1) is 6.92 Å². The molecule has 2 N–H and O–H groups in total. The topological polar surface area (TPSA) is 66.8 Å². The smallest absolute Gasteiger partial charge is 0.462 e. The predicted octanol–water partition coefficient (Wildman–Crippen LogP) is -0.148. The molecule has 0 aliphatic carbocycles. The van der Waals surface area contributed by atoms with Crippen LogP contribution in [0.4, 0.5) is 0 Å². The Labute approximate surface area is 88.6 Å². The predicted molar refractivity (Wildman–Crippen MR) is 57.0 cm³/mol. The fourth-order valence-electron chi connectivity index (χ4n) is 1.36. The summed E-state index contributed by atoms with van der Waals surface area (Å²) in [6, 6.07) is 4.75. The van der Waals surface area contributed by atoms with Crippen LogP contribution in [-0.4, -0.2) is 29.7 Å². The van der Waals surface area contributed by atoms with Gasteiger partial charge in [-0.05, 0) is 30.9 Å². The Morgan fingerprint density at radius 2 is 2.13 bits per heavy atom. The molecule has 0 bridgehead atoms. The molecule has 0 aromatic heterocycles. The molecule has 0 fully saturated rings. The first-order valence-electron chi connectivity index (χ1n) is 4.70. The van der Waals surface area contributed by atoms with E-state index < -0.39 is 13.1 Å². The van der Waals surface area contributed by atoms with Gasteiger partial charge in [0.25, 0.3) is 0 Å². The highest BCUT2D eigenvalue weighted by molar-refractivity contribution is 6.59. The fourth-order valence-corrected chi connectivity index (χ4v) is 1.36. The van der Waals surface area contributed by atoms with E-state index in [-0.39, 0.29) is 0 Å². The quantitative estimate of drug-likeness (QED) is 0.535. The van der Waals surface area contributed by atoms with Crippen molar-refractivity contribution in [3.63, 3.8) is 0 Å². The van der Waals surface area contributed by atoms with Crippen molar-refractivity contribution in [2.75, 3.05) is 6.61 Å². The van der Waals surface area contributed by atoms with Crippen LogP contribution < -0.4 is 5.46 Å². The SMILES string of the molecule is CCOC(=O)c1cccc(B(O)O)c1C. The molecule has 1 aromatic rings. The van der Waals surface area contributed by atoms with Crippen LogP contribution in [0.15, 0.2) is 18.2 Å². The summed E-state index contributed by atoms with van der Waals surface area (Å²) < 4.78 is 4.84. The highest BCUT2D eigenvalue weighted by atomic mass is 16.5. The molecule has 1 aromatic carbocycles. The molecule has 4 nitrogen and oxygen atoms in total. The number of hydrogen-bond acceptors (Lipinski definition) is 4. The molecule has 0 amide bonds. The van der Waals surface area contributed by atoms with Gasteiger partial charge in [-0.2, -0.15) is 0 Å². The standard InChI is InChI=1S/C10H13BO4/c1-3-15-10(12)8-5-4-6-9(7(8)2)11(13)14/h4-6,13-14H,3H2,1-2H3. The highest BCUT2D eigenvalue weighted by Gasteiger charge is 2.18. The first-order valence-corrected chi connectivity index (χ1v) is 4.70. The lowest BCUT2D eigenvalue weighted by Crippen LogP contribution is -2.33. The maximum Gasteiger partial charge on any atom is 0.488 e. The van der Waals surface area contributed by atoms with Crippen LogP contribution in [0.25, 0.3) is 0 Å². The van der Waals surface area contributed by atoms with Gasteiger partial charge < -0.3 is 14.8 Å². The third-order valence-electron chi connectivity index (χ3n) is 2.15. The highest BCUT2D eigenvalue weighted by Crippen LogP contribution is 2.07. The van der Waals surface area contributed by atoms with E-state index in [2.05, 4.69) is 0 Å². The van der Waals surface area contributed by atoms with Crippen molar-refractivity contribution in [2.45, 2.75) is 13.8 Å². The van der Waals surface area contributed by atoms with Crippen molar-refractivity contribution in [1.82, 2.24) is 0 Å². The van der Waals surface area contributed by atoms with E-state index in [0.717, 1.165) is 0 Å². The lowest BCUT2D eigenvalue weighted by molar-refractivity contribution is 0.0525. The van der Waals surface area contributed by atoms with Gasteiger partial charge in [-0.25, -0.2) is 4.79 Å². The molecule has 0 heterocycles. The first kappa shape index (κ1) is 11.7. The Bertz CT molecular complexity index is 362. The molecule has 0 atom stereocenters. The number of hydrogen-bond donors (Lipinski definition) is 2. The van der Waals surface area contributed by atoms with Crippen LogP contribution in [0.3, 0.4) is 0 Å². The van der Waals surface area contributed by atoms with E-state index in [4.69, 9.17) is 14.8 Å². The second-order valence-electron chi connectivity index (χ2n) is 3.11. The second kappa shape index (κ2) is 4.95. The summed E-state index contributed by atoms with van der Waals surface area (Å²) in [6.45, 7) is 3.67. The van der Waals surface area contributed by atoms with Crippen LogP contribution >= 0.6 is 0 Å². The number of esters is 1. The minimum atomic E-state index is -1.57. The van der Waals surface area contributed by atoms with E-state index >= 15 is 0 Å². The van der Waals surface area contributed by atoms with Gasteiger partial charge in [0.1, 0.15) is 0 Å². The molecule has 0 radical (unpaired) electrons. The van der Waals surface area contributed by atoms with Gasteiger partial charge in [0.05, 0.1) is 12.2 Å². The Hall–Kier alpha value is -1.33. The summed E-state index contributed by atoms with van der Waals surface area (Å²) in [4.78, 5) is 11.5. The van der Waals surface area contributed by atoms with Crippen molar-refractivity contribution < 1.29 is 19.6 Å². The zero-order valence-electron chi connectivity index (χ0n) is 8.73. The van der Waals surface area contributed by atoms with E-state index in [0.29, 0.717) is 23.2 Å². The Morgan fingerprint density at radius 1 is 1.47 bits per heavy atom. The zero-order valence-corrected chi connectivity index (χ0v) is 8.73. The van der Waals surface area contributed by atoms with Crippen molar-refractivity contribution in [1.29, 1.82) is 0 Å². The minimum absolute atomic E-state index is 0.296. The third kappa shape index (κ3) is 2.58. The summed E-state index contributed by atoms with van der Waals surface area (Å²) in [5.41, 5.74) is 1.22. The molecule has 0 saturated carbocycles. The zero-order chi connectivity index (χ0) is 11.4. The van der Waals surface area contributed by atoms with Crippen molar-refractivity contribution in [3.05, 3.63) is 29.3 Å². The van der Waals surface area contributed by atoms with Gasteiger partial charge in [-0.15, -0.1) is 0 Å². The minimum Gasteiger partial charge on any atom is -0.462 e. The van der Waals surface area contributed by atoms with E-state index in [9.17, 15) is 4.79 Å². The molecule has 5 heteroatoms. The van der Waals surface area contributed by atoms with E-state index in [1.54, 1.807) is 32.0 Å². The van der Waals surface area contributed by atoms with Crippen LogP contribution in [-0.2, 0) is 4.74 Å². The Balaban J connectivity index is 3.09. The Kier molecular flexibility index (Phi) is 3.88. The molecule has 0 spiro atoms. The van der Waals surface area contributed by atoms with Gasteiger partial charge in [-0.1, -0.05) is 12.1 Å². The monoisotopic (exact) mass is 208 g/mol. The van der Waals surface area contributed by atoms with Crippen LogP contribution in [0.1, 0.15) is 22.8 Å². The number of rotatable bonds is 3.